The molecule has 0 amide bonds. The first-order chi connectivity index (χ1) is 11.4. The quantitative estimate of drug-likeness (QED) is 0.564. The summed E-state index contributed by atoms with van der Waals surface area (Å²) in [5, 5.41) is 9.08. The molecule has 23 heavy (non-hydrogen) atoms. The number of nitrogens with zero attached hydrogens (tertiary/aromatic N) is 4. The van der Waals surface area contributed by atoms with Crippen molar-refractivity contribution >= 4 is 16.7 Å². The molecule has 0 saturated heterocycles. The number of hydrogen-bond acceptors (Lipinski definition) is 4. The number of para-hydroxylation sites is 1. The van der Waals surface area contributed by atoms with Crippen molar-refractivity contribution in [2.24, 2.45) is 0 Å². The lowest BCUT2D eigenvalue weighted by molar-refractivity contribution is 0.465. The van der Waals surface area contributed by atoms with Crippen molar-refractivity contribution in [3.05, 3.63) is 78.8 Å². The van der Waals surface area contributed by atoms with E-state index in [0.717, 1.165) is 22.5 Å². The molecule has 0 saturated carbocycles. The molecular weight excluding hydrogens is 288 g/mol. The average Bonchev–Trinajstić information content (AvgIpc) is 3.24. The second kappa shape index (κ2) is 5.96. The molecule has 0 unspecified atom stereocenters. The Morgan fingerprint density at radius 1 is 0.826 bits per heavy atom. The zero-order valence-electron chi connectivity index (χ0n) is 12.5. The summed E-state index contributed by atoms with van der Waals surface area (Å²) in [5.74, 6) is 0.908. The van der Waals surface area contributed by atoms with E-state index >= 15 is 0 Å². The standard InChI is InChI=1S/C18H16N4O/c1-2-7-15(8-3-1)21(13-16-9-6-12-23-16)14-22-19-17-10-4-5-11-18(17)20-22/h1-12H,13-14H2. The molecule has 0 atom stereocenters. The van der Waals surface area contributed by atoms with Gasteiger partial charge in [0.2, 0.25) is 0 Å². The zero-order valence-corrected chi connectivity index (χ0v) is 12.5. The first-order valence-corrected chi connectivity index (χ1v) is 7.51. The van der Waals surface area contributed by atoms with Crippen molar-refractivity contribution in [2.45, 2.75) is 13.2 Å². The number of hydrogen-bond donors (Lipinski definition) is 0. The Balaban J connectivity index is 1.64. The summed E-state index contributed by atoms with van der Waals surface area (Å²) >= 11 is 0. The molecular formula is C18H16N4O. The summed E-state index contributed by atoms with van der Waals surface area (Å²) in [5.41, 5.74) is 2.90. The van der Waals surface area contributed by atoms with Gasteiger partial charge in [0, 0.05) is 5.69 Å². The predicted octanol–water partition coefficient (Wildman–Crippen LogP) is 3.69. The zero-order chi connectivity index (χ0) is 15.5. The summed E-state index contributed by atoms with van der Waals surface area (Å²) in [6.45, 7) is 1.22. The third-order valence-electron chi connectivity index (χ3n) is 3.67. The lowest BCUT2D eigenvalue weighted by Crippen LogP contribution is -2.26. The molecule has 0 N–H and O–H groups in total. The fourth-order valence-corrected chi connectivity index (χ4v) is 2.57. The number of aromatic nitrogens is 3. The Labute approximate surface area is 133 Å². The highest BCUT2D eigenvalue weighted by atomic mass is 16.3. The van der Waals surface area contributed by atoms with E-state index in [1.54, 1.807) is 11.1 Å². The molecule has 5 heteroatoms. The van der Waals surface area contributed by atoms with Crippen LogP contribution in [0.15, 0.2) is 77.4 Å². The molecule has 5 nitrogen and oxygen atoms in total. The SMILES string of the molecule is c1ccc(N(Cc2ccco2)Cn2nc3ccccc3n2)cc1. The summed E-state index contributed by atoms with van der Waals surface area (Å²) in [6.07, 6.45) is 1.69. The fourth-order valence-electron chi connectivity index (χ4n) is 2.57. The van der Waals surface area contributed by atoms with Crippen LogP contribution in [0.25, 0.3) is 11.0 Å². The number of fused-ring (bicyclic) bond motifs is 1. The van der Waals surface area contributed by atoms with Gasteiger partial charge in [0.05, 0.1) is 12.8 Å². The van der Waals surface area contributed by atoms with Crippen LogP contribution in [-0.2, 0) is 13.2 Å². The number of rotatable bonds is 5. The normalized spacial score (nSPS) is 11.0. The van der Waals surface area contributed by atoms with E-state index in [1.165, 1.54) is 0 Å². The second-order valence-corrected chi connectivity index (χ2v) is 5.32. The number of benzene rings is 2. The molecule has 2 aromatic heterocycles. The van der Waals surface area contributed by atoms with Crippen LogP contribution in [0.5, 0.6) is 0 Å². The van der Waals surface area contributed by atoms with Crippen molar-refractivity contribution in [1.29, 1.82) is 0 Å². The van der Waals surface area contributed by atoms with E-state index in [-0.39, 0.29) is 0 Å². The maximum absolute atomic E-state index is 5.49. The van der Waals surface area contributed by atoms with Gasteiger partial charge in [-0.1, -0.05) is 30.3 Å². The van der Waals surface area contributed by atoms with Crippen molar-refractivity contribution in [3.8, 4) is 0 Å². The number of furan rings is 1. The van der Waals surface area contributed by atoms with Gasteiger partial charge in [0.1, 0.15) is 23.5 Å². The highest BCUT2D eigenvalue weighted by molar-refractivity contribution is 5.72. The Morgan fingerprint density at radius 2 is 1.52 bits per heavy atom. The Hall–Kier alpha value is -3.08. The van der Waals surface area contributed by atoms with E-state index in [9.17, 15) is 0 Å². The van der Waals surface area contributed by atoms with Crippen LogP contribution >= 0.6 is 0 Å². The lowest BCUT2D eigenvalue weighted by atomic mass is 10.3. The first kappa shape index (κ1) is 13.6. The van der Waals surface area contributed by atoms with Gasteiger partial charge in [-0.2, -0.15) is 15.0 Å². The predicted molar refractivity (Wildman–Crippen MR) is 88.9 cm³/mol. The minimum atomic E-state index is 0.555. The van der Waals surface area contributed by atoms with Gasteiger partial charge in [-0.25, -0.2) is 0 Å². The third-order valence-corrected chi connectivity index (χ3v) is 3.67. The van der Waals surface area contributed by atoms with Gasteiger partial charge in [-0.3, -0.25) is 0 Å². The minimum absolute atomic E-state index is 0.555. The Morgan fingerprint density at radius 3 is 2.17 bits per heavy atom. The van der Waals surface area contributed by atoms with E-state index in [2.05, 4.69) is 27.2 Å². The first-order valence-electron chi connectivity index (χ1n) is 7.51. The smallest absolute Gasteiger partial charge is 0.132 e. The Kier molecular flexibility index (Phi) is 3.52. The van der Waals surface area contributed by atoms with Crippen LogP contribution in [-0.4, -0.2) is 15.0 Å². The summed E-state index contributed by atoms with van der Waals surface area (Å²) in [4.78, 5) is 3.90. The molecule has 4 rings (SSSR count). The molecule has 2 aromatic carbocycles. The van der Waals surface area contributed by atoms with Gasteiger partial charge in [-0.15, -0.1) is 0 Å². The maximum atomic E-state index is 5.49. The van der Waals surface area contributed by atoms with Gasteiger partial charge in [-0.05, 0) is 36.4 Å². The largest absolute Gasteiger partial charge is 0.467 e. The molecule has 0 fully saturated rings. The van der Waals surface area contributed by atoms with Crippen LogP contribution in [0.3, 0.4) is 0 Å². The van der Waals surface area contributed by atoms with Gasteiger partial charge < -0.3 is 9.32 Å². The van der Waals surface area contributed by atoms with Crippen molar-refractivity contribution in [2.75, 3.05) is 4.90 Å². The lowest BCUT2D eigenvalue weighted by Gasteiger charge is -2.22. The van der Waals surface area contributed by atoms with Gasteiger partial charge >= 0.3 is 0 Å². The summed E-state index contributed by atoms with van der Waals surface area (Å²) in [6, 6.07) is 22.0. The van der Waals surface area contributed by atoms with Gasteiger partial charge in [0.25, 0.3) is 0 Å². The Bertz CT molecular complexity index is 851. The van der Waals surface area contributed by atoms with Crippen LogP contribution in [0.1, 0.15) is 5.76 Å². The fraction of sp³-hybridized carbons (Fsp3) is 0.111. The van der Waals surface area contributed by atoms with Crippen LogP contribution in [0, 0.1) is 0 Å². The molecule has 0 aliphatic rings. The maximum Gasteiger partial charge on any atom is 0.132 e. The highest BCUT2D eigenvalue weighted by Crippen LogP contribution is 2.18. The molecule has 0 radical (unpaired) electrons. The molecule has 0 spiro atoms. The molecule has 0 bridgehead atoms. The topological polar surface area (TPSA) is 47.1 Å². The minimum Gasteiger partial charge on any atom is -0.467 e. The molecule has 4 aromatic rings. The molecule has 0 aliphatic heterocycles. The van der Waals surface area contributed by atoms with Crippen molar-refractivity contribution < 1.29 is 4.42 Å². The summed E-state index contributed by atoms with van der Waals surface area (Å²) < 4.78 is 5.49. The highest BCUT2D eigenvalue weighted by Gasteiger charge is 2.11. The van der Waals surface area contributed by atoms with Crippen molar-refractivity contribution in [1.82, 2.24) is 15.0 Å². The van der Waals surface area contributed by atoms with E-state index < -0.39 is 0 Å². The van der Waals surface area contributed by atoms with Crippen LogP contribution in [0.4, 0.5) is 5.69 Å². The van der Waals surface area contributed by atoms with Gasteiger partial charge in [0.15, 0.2) is 0 Å². The second-order valence-electron chi connectivity index (χ2n) is 5.32. The molecule has 0 aliphatic carbocycles. The number of anilines is 1. The van der Waals surface area contributed by atoms with Crippen LogP contribution in [0.2, 0.25) is 0 Å². The molecule has 2 heterocycles. The van der Waals surface area contributed by atoms with E-state index in [0.29, 0.717) is 13.2 Å². The van der Waals surface area contributed by atoms with Crippen LogP contribution < -0.4 is 4.90 Å². The third kappa shape index (κ3) is 2.94. The summed E-state index contributed by atoms with van der Waals surface area (Å²) in [7, 11) is 0. The van der Waals surface area contributed by atoms with E-state index in [1.807, 2.05) is 54.6 Å². The molecule has 114 valence electrons. The van der Waals surface area contributed by atoms with Crippen molar-refractivity contribution in [3.63, 3.8) is 0 Å². The monoisotopic (exact) mass is 304 g/mol. The van der Waals surface area contributed by atoms with E-state index in [4.69, 9.17) is 4.42 Å². The average molecular weight is 304 g/mol.